The number of hydrogen-bond donors (Lipinski definition) is 1. The third kappa shape index (κ3) is 3.50. The van der Waals surface area contributed by atoms with Crippen LogP contribution < -0.4 is 5.32 Å². The van der Waals surface area contributed by atoms with Crippen LogP contribution in [0.1, 0.15) is 39.3 Å². The fourth-order valence-electron chi connectivity index (χ4n) is 2.13. The first kappa shape index (κ1) is 15.1. The van der Waals surface area contributed by atoms with Crippen LogP contribution in [-0.2, 0) is 4.74 Å². The number of ether oxygens (including phenoxy) is 1. The highest BCUT2D eigenvalue weighted by Crippen LogP contribution is 2.31. The molecule has 0 saturated heterocycles. The molecule has 0 amide bonds. The Bertz CT molecular complexity index is 393. The number of benzene rings is 1. The average Bonchev–Trinajstić information content (AvgIpc) is 2.29. The summed E-state index contributed by atoms with van der Waals surface area (Å²) in [5.74, 6) is -0.864. The second-order valence-corrected chi connectivity index (χ2v) is 4.69. The van der Waals surface area contributed by atoms with Gasteiger partial charge in [0.2, 0.25) is 0 Å². The molecule has 1 aromatic carbocycles. The van der Waals surface area contributed by atoms with Gasteiger partial charge in [-0.25, -0.2) is 8.78 Å². The lowest BCUT2D eigenvalue weighted by molar-refractivity contribution is -0.0397. The van der Waals surface area contributed by atoms with Gasteiger partial charge in [-0.3, -0.25) is 0 Å². The highest BCUT2D eigenvalue weighted by atomic mass is 19.1. The van der Waals surface area contributed by atoms with Gasteiger partial charge < -0.3 is 10.1 Å². The van der Waals surface area contributed by atoms with Crippen molar-refractivity contribution in [2.24, 2.45) is 0 Å². The van der Waals surface area contributed by atoms with Gasteiger partial charge in [0.05, 0.1) is 11.6 Å². The molecule has 1 N–H and O–H groups in total. The Labute approximate surface area is 107 Å². The summed E-state index contributed by atoms with van der Waals surface area (Å²) in [5.41, 5.74) is -0.311. The first-order chi connectivity index (χ1) is 8.42. The molecule has 4 heteroatoms. The van der Waals surface area contributed by atoms with Crippen molar-refractivity contribution in [3.05, 3.63) is 35.4 Å². The Morgan fingerprint density at radius 3 is 2.50 bits per heavy atom. The molecule has 1 atom stereocenters. The fourth-order valence-corrected chi connectivity index (χ4v) is 2.13. The predicted octanol–water partition coefficient (Wildman–Crippen LogP) is 3.43. The Morgan fingerprint density at radius 2 is 1.94 bits per heavy atom. The third-order valence-corrected chi connectivity index (χ3v) is 2.89. The molecular weight excluding hydrogens is 236 g/mol. The van der Waals surface area contributed by atoms with Gasteiger partial charge in [0.15, 0.2) is 0 Å². The first-order valence-corrected chi connectivity index (χ1v) is 6.24. The highest BCUT2D eigenvalue weighted by Gasteiger charge is 2.32. The van der Waals surface area contributed by atoms with E-state index in [4.69, 9.17) is 4.74 Å². The molecule has 0 saturated carbocycles. The molecule has 2 nitrogen and oxygen atoms in total. The van der Waals surface area contributed by atoms with E-state index in [0.717, 1.165) is 12.1 Å². The molecule has 1 aromatic rings. The van der Waals surface area contributed by atoms with Crippen molar-refractivity contribution in [3.63, 3.8) is 0 Å². The molecule has 0 aromatic heterocycles. The van der Waals surface area contributed by atoms with Crippen LogP contribution in [0.15, 0.2) is 18.2 Å². The molecule has 0 fully saturated rings. The largest absolute Gasteiger partial charge is 0.374 e. The summed E-state index contributed by atoms with van der Waals surface area (Å²) in [4.78, 5) is 0. The summed E-state index contributed by atoms with van der Waals surface area (Å²) in [6.45, 7) is 8.71. The lowest BCUT2D eigenvalue weighted by Gasteiger charge is -2.35. The van der Waals surface area contributed by atoms with Gasteiger partial charge in [-0.1, -0.05) is 6.92 Å². The first-order valence-electron chi connectivity index (χ1n) is 6.24. The molecule has 0 radical (unpaired) electrons. The molecule has 0 aliphatic heterocycles. The van der Waals surface area contributed by atoms with E-state index in [-0.39, 0.29) is 0 Å². The van der Waals surface area contributed by atoms with Crippen molar-refractivity contribution in [2.75, 3.05) is 13.2 Å². The molecule has 0 aliphatic carbocycles. The predicted molar refractivity (Wildman–Crippen MR) is 68.5 cm³/mol. The van der Waals surface area contributed by atoms with Crippen molar-refractivity contribution < 1.29 is 13.5 Å². The van der Waals surface area contributed by atoms with Crippen LogP contribution in [0.3, 0.4) is 0 Å². The smallest absolute Gasteiger partial charge is 0.128 e. The minimum Gasteiger partial charge on any atom is -0.374 e. The molecule has 0 bridgehead atoms. The van der Waals surface area contributed by atoms with Crippen molar-refractivity contribution in [1.29, 1.82) is 0 Å². The van der Waals surface area contributed by atoms with E-state index in [2.05, 4.69) is 5.32 Å². The maximum atomic E-state index is 13.9. The summed E-state index contributed by atoms with van der Waals surface area (Å²) < 4.78 is 32.8. The van der Waals surface area contributed by atoms with Gasteiger partial charge in [0.25, 0.3) is 0 Å². The number of likely N-dealkylation sites (N-methyl/N-ethyl adjacent to an activating group) is 1. The average molecular weight is 257 g/mol. The molecule has 0 aliphatic rings. The van der Waals surface area contributed by atoms with E-state index in [0.29, 0.717) is 18.7 Å². The summed E-state index contributed by atoms with van der Waals surface area (Å²) in [7, 11) is 0. The van der Waals surface area contributed by atoms with E-state index in [9.17, 15) is 8.78 Å². The SMILES string of the molecule is CCNC(c1cc(F)ccc1F)C(C)(C)OCC. The van der Waals surface area contributed by atoms with E-state index < -0.39 is 23.3 Å². The van der Waals surface area contributed by atoms with Crippen molar-refractivity contribution in [1.82, 2.24) is 5.32 Å². The van der Waals surface area contributed by atoms with Gasteiger partial charge in [0, 0.05) is 12.2 Å². The van der Waals surface area contributed by atoms with Crippen LogP contribution in [-0.4, -0.2) is 18.8 Å². The van der Waals surface area contributed by atoms with Crippen molar-refractivity contribution in [2.45, 2.75) is 39.3 Å². The van der Waals surface area contributed by atoms with E-state index in [1.807, 2.05) is 27.7 Å². The summed E-state index contributed by atoms with van der Waals surface area (Å²) in [5, 5.41) is 3.16. The number of nitrogens with one attached hydrogen (secondary N) is 1. The minimum absolute atomic E-state index is 0.301. The van der Waals surface area contributed by atoms with Crippen molar-refractivity contribution >= 4 is 0 Å². The standard InChI is InChI=1S/C14H21F2NO/c1-5-17-13(14(3,4)18-6-2)11-9-10(15)7-8-12(11)16/h7-9,13,17H,5-6H2,1-4H3. The number of halogens is 2. The van der Waals surface area contributed by atoms with E-state index in [1.54, 1.807) is 0 Å². The highest BCUT2D eigenvalue weighted by molar-refractivity contribution is 5.24. The maximum absolute atomic E-state index is 13.9. The minimum atomic E-state index is -0.612. The van der Waals surface area contributed by atoms with E-state index >= 15 is 0 Å². The zero-order valence-corrected chi connectivity index (χ0v) is 11.4. The Kier molecular flexibility index (Phi) is 5.23. The maximum Gasteiger partial charge on any atom is 0.128 e. The van der Waals surface area contributed by atoms with E-state index in [1.165, 1.54) is 6.07 Å². The second kappa shape index (κ2) is 6.25. The van der Waals surface area contributed by atoms with Crippen LogP contribution in [0.2, 0.25) is 0 Å². The fraction of sp³-hybridized carbons (Fsp3) is 0.571. The van der Waals surface area contributed by atoms with Gasteiger partial charge in [-0.15, -0.1) is 0 Å². The molecular formula is C14H21F2NO. The lowest BCUT2D eigenvalue weighted by atomic mass is 9.91. The molecule has 0 heterocycles. The molecule has 102 valence electrons. The van der Waals surface area contributed by atoms with Crippen molar-refractivity contribution in [3.8, 4) is 0 Å². The summed E-state index contributed by atoms with van der Waals surface area (Å²) >= 11 is 0. The zero-order chi connectivity index (χ0) is 13.8. The Morgan fingerprint density at radius 1 is 1.28 bits per heavy atom. The monoisotopic (exact) mass is 257 g/mol. The summed E-state index contributed by atoms with van der Waals surface area (Å²) in [6, 6.07) is 3.11. The normalized spacial score (nSPS) is 13.7. The molecule has 1 unspecified atom stereocenters. The summed E-state index contributed by atoms with van der Waals surface area (Å²) in [6.07, 6.45) is 0. The van der Waals surface area contributed by atoms with Gasteiger partial charge in [0.1, 0.15) is 11.6 Å². The Balaban J connectivity index is 3.14. The van der Waals surface area contributed by atoms with Gasteiger partial charge in [-0.2, -0.15) is 0 Å². The van der Waals surface area contributed by atoms with Gasteiger partial charge in [-0.05, 0) is 45.5 Å². The number of hydrogen-bond acceptors (Lipinski definition) is 2. The quantitative estimate of drug-likeness (QED) is 0.843. The van der Waals surface area contributed by atoms with Crippen LogP contribution in [0.25, 0.3) is 0 Å². The van der Waals surface area contributed by atoms with Gasteiger partial charge >= 0.3 is 0 Å². The molecule has 18 heavy (non-hydrogen) atoms. The van der Waals surface area contributed by atoms with Crippen LogP contribution in [0, 0.1) is 11.6 Å². The van der Waals surface area contributed by atoms with Crippen LogP contribution >= 0.6 is 0 Å². The number of rotatable bonds is 6. The third-order valence-electron chi connectivity index (χ3n) is 2.89. The lowest BCUT2D eigenvalue weighted by Crippen LogP contribution is -2.42. The Hall–Kier alpha value is -1.00. The molecule has 0 spiro atoms. The van der Waals surface area contributed by atoms with Crippen LogP contribution in [0.4, 0.5) is 8.78 Å². The molecule has 1 rings (SSSR count). The zero-order valence-electron chi connectivity index (χ0n) is 11.4. The second-order valence-electron chi connectivity index (χ2n) is 4.69. The van der Waals surface area contributed by atoms with Crippen LogP contribution in [0.5, 0.6) is 0 Å². The topological polar surface area (TPSA) is 21.3 Å².